The molecular formula is C20H24O4. The van der Waals surface area contributed by atoms with Gasteiger partial charge >= 0.3 is 11.9 Å². The van der Waals surface area contributed by atoms with Crippen molar-refractivity contribution < 1.29 is 19.1 Å². The van der Waals surface area contributed by atoms with Gasteiger partial charge in [-0.25, -0.2) is 0 Å². The van der Waals surface area contributed by atoms with Crippen LogP contribution < -0.4 is 4.74 Å². The Morgan fingerprint density at radius 1 is 1.12 bits per heavy atom. The van der Waals surface area contributed by atoms with Gasteiger partial charge in [-0.2, -0.15) is 0 Å². The zero-order chi connectivity index (χ0) is 16.5. The molecule has 0 spiro atoms. The molecule has 0 amide bonds. The van der Waals surface area contributed by atoms with Crippen LogP contribution in [0.2, 0.25) is 0 Å². The van der Waals surface area contributed by atoms with E-state index in [9.17, 15) is 9.59 Å². The first-order valence-corrected chi connectivity index (χ1v) is 9.15. The Morgan fingerprint density at radius 2 is 1.96 bits per heavy atom. The second-order valence-electron chi connectivity index (χ2n) is 7.61. The van der Waals surface area contributed by atoms with Crippen molar-refractivity contribution in [3.8, 4) is 5.75 Å². The van der Waals surface area contributed by atoms with E-state index in [0.29, 0.717) is 24.5 Å². The molecule has 0 N–H and O–H groups in total. The van der Waals surface area contributed by atoms with E-state index < -0.39 is 0 Å². The summed E-state index contributed by atoms with van der Waals surface area (Å²) in [4.78, 5) is 23.3. The molecule has 4 heteroatoms. The van der Waals surface area contributed by atoms with E-state index in [0.717, 1.165) is 30.2 Å². The van der Waals surface area contributed by atoms with Crippen LogP contribution in [-0.2, 0) is 20.7 Å². The smallest absolute Gasteiger partial charge is 0.311 e. The minimum atomic E-state index is -0.106. The molecule has 1 saturated heterocycles. The molecule has 4 rings (SSSR count). The van der Waals surface area contributed by atoms with Crippen LogP contribution in [0.5, 0.6) is 5.75 Å². The summed E-state index contributed by atoms with van der Waals surface area (Å²) in [5, 5.41) is 0. The van der Waals surface area contributed by atoms with Gasteiger partial charge in [-0.15, -0.1) is 0 Å². The molecule has 2 bridgehead atoms. The van der Waals surface area contributed by atoms with Gasteiger partial charge in [0.2, 0.25) is 0 Å². The van der Waals surface area contributed by atoms with Gasteiger partial charge in [0.1, 0.15) is 11.9 Å². The van der Waals surface area contributed by atoms with Gasteiger partial charge in [0, 0.05) is 19.3 Å². The molecule has 1 heterocycles. The molecule has 3 fully saturated rings. The van der Waals surface area contributed by atoms with Crippen molar-refractivity contribution in [2.45, 2.75) is 57.5 Å². The van der Waals surface area contributed by atoms with Crippen molar-refractivity contribution in [1.29, 1.82) is 0 Å². The van der Waals surface area contributed by atoms with E-state index in [4.69, 9.17) is 9.47 Å². The second kappa shape index (κ2) is 6.58. The molecule has 1 aromatic carbocycles. The number of rotatable bonds is 5. The predicted octanol–water partition coefficient (Wildman–Crippen LogP) is 3.67. The van der Waals surface area contributed by atoms with Gasteiger partial charge in [-0.05, 0) is 61.1 Å². The zero-order valence-corrected chi connectivity index (χ0v) is 13.9. The summed E-state index contributed by atoms with van der Waals surface area (Å²) in [6.07, 6.45) is 7.76. The number of hydrogen-bond acceptors (Lipinski definition) is 4. The molecule has 2 aliphatic carbocycles. The van der Waals surface area contributed by atoms with Crippen LogP contribution in [0.4, 0.5) is 0 Å². The van der Waals surface area contributed by atoms with E-state index in [-0.39, 0.29) is 18.0 Å². The van der Waals surface area contributed by atoms with Crippen molar-refractivity contribution in [3.63, 3.8) is 0 Å². The highest BCUT2D eigenvalue weighted by Gasteiger charge is 2.40. The highest BCUT2D eigenvalue weighted by molar-refractivity contribution is 5.73. The van der Waals surface area contributed by atoms with Gasteiger partial charge in [-0.1, -0.05) is 18.6 Å². The number of carbonyl (C=O) groups is 2. The molecule has 0 aromatic heterocycles. The fourth-order valence-electron chi connectivity index (χ4n) is 4.70. The Bertz CT molecular complexity index is 621. The van der Waals surface area contributed by atoms with Crippen LogP contribution in [0.15, 0.2) is 24.3 Å². The van der Waals surface area contributed by atoms with Crippen molar-refractivity contribution in [2.24, 2.45) is 17.8 Å². The molecular weight excluding hydrogens is 304 g/mol. The molecule has 1 aromatic rings. The van der Waals surface area contributed by atoms with Crippen LogP contribution >= 0.6 is 0 Å². The zero-order valence-electron chi connectivity index (χ0n) is 13.9. The van der Waals surface area contributed by atoms with Gasteiger partial charge in [0.25, 0.3) is 0 Å². The molecule has 1 aliphatic heterocycles. The minimum Gasteiger partial charge on any atom is -0.462 e. The van der Waals surface area contributed by atoms with Gasteiger partial charge in [0.15, 0.2) is 0 Å². The fourth-order valence-corrected chi connectivity index (χ4v) is 4.70. The summed E-state index contributed by atoms with van der Waals surface area (Å²) < 4.78 is 10.7. The number of carbonyl (C=O) groups excluding carboxylic acids is 2. The van der Waals surface area contributed by atoms with E-state index in [1.165, 1.54) is 25.7 Å². The third-order valence-electron chi connectivity index (χ3n) is 5.90. The maximum absolute atomic E-state index is 12.2. The average Bonchev–Trinajstić information content (AvgIpc) is 3.26. The summed E-state index contributed by atoms with van der Waals surface area (Å²) in [7, 11) is 0. The van der Waals surface area contributed by atoms with Crippen LogP contribution in [0.3, 0.4) is 0 Å². The monoisotopic (exact) mass is 328 g/mol. The second-order valence-corrected chi connectivity index (χ2v) is 7.61. The largest absolute Gasteiger partial charge is 0.462 e. The highest BCUT2D eigenvalue weighted by atomic mass is 16.5. The van der Waals surface area contributed by atoms with E-state index >= 15 is 0 Å². The SMILES string of the molecule is O=C(C[C@@H]1C[C@H]2CC[C@H]1C2)Oc1ccc(C[C@H]2CCC(=O)O2)cc1. The Hall–Kier alpha value is -1.84. The lowest BCUT2D eigenvalue weighted by molar-refractivity contribution is -0.141. The molecule has 0 radical (unpaired) electrons. The quantitative estimate of drug-likeness (QED) is 0.611. The summed E-state index contributed by atoms with van der Waals surface area (Å²) >= 11 is 0. The van der Waals surface area contributed by atoms with Gasteiger partial charge in [-0.3, -0.25) is 9.59 Å². The molecule has 128 valence electrons. The number of benzene rings is 1. The molecule has 3 aliphatic rings. The Kier molecular flexibility index (Phi) is 4.30. The number of fused-ring (bicyclic) bond motifs is 2. The Labute approximate surface area is 142 Å². The summed E-state index contributed by atoms with van der Waals surface area (Å²) in [5.41, 5.74) is 1.10. The molecule has 4 nitrogen and oxygen atoms in total. The summed E-state index contributed by atoms with van der Waals surface area (Å²) in [6.45, 7) is 0. The van der Waals surface area contributed by atoms with Crippen molar-refractivity contribution >= 4 is 11.9 Å². The minimum absolute atomic E-state index is 0.0105. The topological polar surface area (TPSA) is 52.6 Å². The Balaban J connectivity index is 1.27. The fraction of sp³-hybridized carbons (Fsp3) is 0.600. The predicted molar refractivity (Wildman–Crippen MR) is 88.5 cm³/mol. The van der Waals surface area contributed by atoms with E-state index in [2.05, 4.69) is 0 Å². The first kappa shape index (κ1) is 15.7. The maximum Gasteiger partial charge on any atom is 0.311 e. The molecule has 24 heavy (non-hydrogen) atoms. The first-order valence-electron chi connectivity index (χ1n) is 9.15. The number of esters is 2. The average molecular weight is 328 g/mol. The normalized spacial score (nSPS) is 31.2. The van der Waals surface area contributed by atoms with Crippen LogP contribution in [0.25, 0.3) is 0 Å². The van der Waals surface area contributed by atoms with E-state index in [1.54, 1.807) is 0 Å². The van der Waals surface area contributed by atoms with Crippen LogP contribution in [0.1, 0.15) is 50.5 Å². The number of cyclic esters (lactones) is 1. The summed E-state index contributed by atoms with van der Waals surface area (Å²) in [5.74, 6) is 2.54. The van der Waals surface area contributed by atoms with Gasteiger partial charge in [0.05, 0.1) is 0 Å². The number of ether oxygens (including phenoxy) is 2. The number of hydrogen-bond donors (Lipinski definition) is 0. The molecule has 2 saturated carbocycles. The van der Waals surface area contributed by atoms with Crippen LogP contribution in [-0.4, -0.2) is 18.0 Å². The third-order valence-corrected chi connectivity index (χ3v) is 5.90. The van der Waals surface area contributed by atoms with Crippen LogP contribution in [0, 0.1) is 17.8 Å². The lowest BCUT2D eigenvalue weighted by atomic mass is 9.86. The maximum atomic E-state index is 12.2. The Morgan fingerprint density at radius 3 is 2.58 bits per heavy atom. The third kappa shape index (κ3) is 3.47. The first-order chi connectivity index (χ1) is 11.7. The van der Waals surface area contributed by atoms with Crippen molar-refractivity contribution in [2.75, 3.05) is 0 Å². The van der Waals surface area contributed by atoms with Crippen molar-refractivity contribution in [1.82, 2.24) is 0 Å². The lowest BCUT2D eigenvalue weighted by Crippen LogP contribution is -2.18. The summed E-state index contributed by atoms with van der Waals surface area (Å²) in [6, 6.07) is 7.58. The van der Waals surface area contributed by atoms with Crippen molar-refractivity contribution in [3.05, 3.63) is 29.8 Å². The molecule has 0 unspecified atom stereocenters. The van der Waals surface area contributed by atoms with Gasteiger partial charge < -0.3 is 9.47 Å². The lowest BCUT2D eigenvalue weighted by Gasteiger charge is -2.20. The molecule has 4 atom stereocenters. The van der Waals surface area contributed by atoms with E-state index in [1.807, 2.05) is 24.3 Å². The standard InChI is InChI=1S/C20H24O4/c21-19-8-7-18(24-19)11-13-2-5-17(6-3-13)23-20(22)12-16-10-14-1-4-15(16)9-14/h2-3,5-6,14-16,18H,1,4,7-12H2/t14-,15-,16-,18+/m0/s1. The highest BCUT2D eigenvalue weighted by Crippen LogP contribution is 2.49.